The van der Waals surface area contributed by atoms with E-state index in [0.29, 0.717) is 76.5 Å². The zero-order valence-electron chi connectivity index (χ0n) is 41.8. The Hall–Kier alpha value is -1.83. The summed E-state index contributed by atoms with van der Waals surface area (Å²) in [5.74, 6) is 2.67. The van der Waals surface area contributed by atoms with E-state index in [1.807, 2.05) is 0 Å². The fourth-order valence-corrected chi connectivity index (χ4v) is 18.6. The van der Waals surface area contributed by atoms with Crippen molar-refractivity contribution in [3.05, 3.63) is 0 Å². The molecular formula is C54H91N3O9. The zero-order chi connectivity index (χ0) is 47.7. The average Bonchev–Trinajstić information content (AvgIpc) is 3.81. The largest absolute Gasteiger partial charge is 0.393 e. The molecule has 0 spiro atoms. The topological polar surface area (TPSA) is 200 Å². The molecule has 0 aromatic rings. The second-order valence-corrected chi connectivity index (χ2v) is 25.3. The first-order valence-electron chi connectivity index (χ1n) is 27.0. The Kier molecular flexibility index (Phi) is 14.9. The number of amides is 3. The predicted octanol–water partition coefficient (Wildman–Crippen LogP) is 5.82. The van der Waals surface area contributed by atoms with Gasteiger partial charge in [-0.25, -0.2) is 0 Å². The van der Waals surface area contributed by atoms with Gasteiger partial charge < -0.3 is 46.2 Å². The van der Waals surface area contributed by atoms with E-state index in [0.717, 1.165) is 77.0 Å². The lowest BCUT2D eigenvalue weighted by Gasteiger charge is -2.63. The first kappa shape index (κ1) is 50.6. The second kappa shape index (κ2) is 19.4. The Morgan fingerprint density at radius 1 is 0.561 bits per heavy atom. The molecule has 376 valence electrons. The van der Waals surface area contributed by atoms with Crippen molar-refractivity contribution in [1.82, 2.24) is 15.5 Å². The SMILES string of the molecule is CC(=O)N(CCNC(=O)CC[C@@H](C)[C@H]1CC[C@H]2[C@@H]3[C@H](O)C[C@@H]4C[C@H](O)CC[C@]4(C)[C@H]3C[C@H](O)[C@]12C)CCNC(=O)CC[C@@H](C)[C@H]1CC[C@H]2[C@@H]3[C@H](O)C[C@@H]4C[C@H](O)CC[C@]4(C)[C@H]3C[C@H](O)[C@]12C. The van der Waals surface area contributed by atoms with E-state index in [-0.39, 0.29) is 111 Å². The molecule has 12 heteroatoms. The fraction of sp³-hybridized carbons (Fsp3) is 0.944. The molecule has 0 aliphatic heterocycles. The normalized spacial score (nSPS) is 48.0. The van der Waals surface area contributed by atoms with Gasteiger partial charge in [0.1, 0.15) is 0 Å². The third-order valence-corrected chi connectivity index (χ3v) is 22.5. The van der Waals surface area contributed by atoms with Gasteiger partial charge in [0.25, 0.3) is 0 Å². The monoisotopic (exact) mass is 926 g/mol. The summed E-state index contributed by atoms with van der Waals surface area (Å²) >= 11 is 0. The third-order valence-electron chi connectivity index (χ3n) is 22.5. The number of rotatable bonds is 14. The summed E-state index contributed by atoms with van der Waals surface area (Å²) in [5.41, 5.74) is -0.539. The molecule has 0 heterocycles. The maximum Gasteiger partial charge on any atom is 0.220 e. The standard InChI is InChI=1S/C54H91N3O9/c1-30(37-10-12-39-49-41(28-45(63)53(37,39)6)51(4)18-16-35(59)24-33(51)26-43(49)61)8-14-47(65)55-20-22-57(32(3)58)23-21-56-48(66)15-9-31(2)38-11-13-40-50-42(29-46(64)54(38,40)7)52(5)19-17-36(60)25-34(52)27-44(50)62/h30-31,33-46,49-50,59-64H,8-29H2,1-7H3,(H,55,65)(H,56,66)/t30-,31-,33+,34+,35-,36-,37-,38-,39+,40+,41+,42+,43-,44-,45+,46+,49+,50+,51+,52+,53-,54-/m1/s1. The van der Waals surface area contributed by atoms with Crippen LogP contribution in [0.2, 0.25) is 0 Å². The Bertz CT molecular complexity index is 1630. The van der Waals surface area contributed by atoms with Crippen molar-refractivity contribution in [3.63, 3.8) is 0 Å². The number of nitrogens with one attached hydrogen (secondary N) is 2. The van der Waals surface area contributed by atoms with Crippen molar-refractivity contribution in [2.75, 3.05) is 26.2 Å². The Morgan fingerprint density at radius 3 is 1.33 bits per heavy atom. The molecule has 22 atom stereocenters. The van der Waals surface area contributed by atoms with Crippen LogP contribution in [0.3, 0.4) is 0 Å². The molecule has 0 unspecified atom stereocenters. The number of hydrogen-bond acceptors (Lipinski definition) is 9. The van der Waals surface area contributed by atoms with Gasteiger partial charge in [-0.1, -0.05) is 41.5 Å². The van der Waals surface area contributed by atoms with Gasteiger partial charge >= 0.3 is 0 Å². The van der Waals surface area contributed by atoms with Crippen molar-refractivity contribution < 1.29 is 45.0 Å². The highest BCUT2D eigenvalue weighted by molar-refractivity contribution is 5.77. The van der Waals surface area contributed by atoms with Gasteiger partial charge in [-0.3, -0.25) is 14.4 Å². The summed E-state index contributed by atoms with van der Waals surface area (Å²) < 4.78 is 0. The van der Waals surface area contributed by atoms with Crippen molar-refractivity contribution in [1.29, 1.82) is 0 Å². The van der Waals surface area contributed by atoms with Crippen molar-refractivity contribution in [2.24, 2.45) is 92.7 Å². The van der Waals surface area contributed by atoms with Crippen LogP contribution in [0, 0.1) is 92.7 Å². The van der Waals surface area contributed by atoms with E-state index < -0.39 is 24.4 Å². The molecule has 0 radical (unpaired) electrons. The summed E-state index contributed by atoms with van der Waals surface area (Å²) in [4.78, 5) is 40.6. The van der Waals surface area contributed by atoms with E-state index in [4.69, 9.17) is 0 Å². The van der Waals surface area contributed by atoms with Crippen LogP contribution in [0.15, 0.2) is 0 Å². The van der Waals surface area contributed by atoms with Crippen LogP contribution >= 0.6 is 0 Å². The van der Waals surface area contributed by atoms with E-state index >= 15 is 0 Å². The van der Waals surface area contributed by atoms with Crippen LogP contribution in [-0.2, 0) is 14.4 Å². The molecule has 8 N–H and O–H groups in total. The summed E-state index contributed by atoms with van der Waals surface area (Å²) in [7, 11) is 0. The smallest absolute Gasteiger partial charge is 0.220 e. The maximum absolute atomic E-state index is 13.2. The summed E-state index contributed by atoms with van der Waals surface area (Å²) in [5, 5.41) is 74.1. The second-order valence-electron chi connectivity index (χ2n) is 25.3. The lowest BCUT2D eigenvalue weighted by molar-refractivity contribution is -0.207. The summed E-state index contributed by atoms with van der Waals surface area (Å²) in [6, 6.07) is 0. The first-order valence-corrected chi connectivity index (χ1v) is 27.0. The fourth-order valence-electron chi connectivity index (χ4n) is 18.6. The highest BCUT2D eigenvalue weighted by atomic mass is 16.3. The molecular weight excluding hydrogens is 835 g/mol. The Balaban J connectivity index is 0.750. The molecule has 8 rings (SSSR count). The van der Waals surface area contributed by atoms with Crippen molar-refractivity contribution >= 4 is 17.7 Å². The molecule has 8 aliphatic rings. The molecule has 8 aliphatic carbocycles. The van der Waals surface area contributed by atoms with Crippen LogP contribution in [-0.4, -0.2) is 116 Å². The number of carbonyl (C=O) groups excluding carboxylic acids is 3. The molecule has 0 aromatic carbocycles. The van der Waals surface area contributed by atoms with E-state index in [1.54, 1.807) is 4.90 Å². The number of fused-ring (bicyclic) bond motifs is 10. The van der Waals surface area contributed by atoms with Crippen molar-refractivity contribution in [3.8, 4) is 0 Å². The van der Waals surface area contributed by atoms with Crippen molar-refractivity contribution in [2.45, 2.75) is 201 Å². The lowest BCUT2D eigenvalue weighted by atomic mass is 9.43. The number of aliphatic hydroxyl groups excluding tert-OH is 6. The van der Waals surface area contributed by atoms with Crippen LogP contribution in [0.1, 0.15) is 164 Å². The predicted molar refractivity (Wildman–Crippen MR) is 253 cm³/mol. The van der Waals surface area contributed by atoms with Crippen LogP contribution < -0.4 is 10.6 Å². The Labute approximate surface area is 396 Å². The van der Waals surface area contributed by atoms with Gasteiger partial charge in [-0.2, -0.15) is 0 Å². The molecule has 12 nitrogen and oxygen atoms in total. The molecule has 3 amide bonds. The van der Waals surface area contributed by atoms with Gasteiger partial charge in [0.2, 0.25) is 17.7 Å². The highest BCUT2D eigenvalue weighted by Gasteiger charge is 2.67. The minimum atomic E-state index is -0.457. The van der Waals surface area contributed by atoms with E-state index in [2.05, 4.69) is 52.2 Å². The molecule has 66 heavy (non-hydrogen) atoms. The number of aliphatic hydroxyl groups is 6. The molecule has 0 bridgehead atoms. The van der Waals surface area contributed by atoms with Gasteiger partial charge in [-0.15, -0.1) is 0 Å². The highest BCUT2D eigenvalue weighted by Crippen LogP contribution is 2.70. The summed E-state index contributed by atoms with van der Waals surface area (Å²) in [6.45, 7) is 16.5. The van der Waals surface area contributed by atoms with Gasteiger partial charge in [0.05, 0.1) is 36.6 Å². The molecule has 8 saturated carbocycles. The zero-order valence-corrected chi connectivity index (χ0v) is 41.8. The van der Waals surface area contributed by atoms with Gasteiger partial charge in [0.15, 0.2) is 0 Å². The average molecular weight is 926 g/mol. The summed E-state index contributed by atoms with van der Waals surface area (Å²) in [6.07, 6.45) is 11.7. The van der Waals surface area contributed by atoms with Crippen LogP contribution in [0.4, 0.5) is 0 Å². The first-order chi connectivity index (χ1) is 31.1. The number of nitrogens with zero attached hydrogens (tertiary/aromatic N) is 1. The molecule has 0 aromatic heterocycles. The van der Waals surface area contributed by atoms with E-state index in [9.17, 15) is 45.0 Å². The molecule has 8 fully saturated rings. The van der Waals surface area contributed by atoms with E-state index in [1.165, 1.54) is 6.92 Å². The number of carbonyl (C=O) groups is 3. The van der Waals surface area contributed by atoms with Crippen LogP contribution in [0.25, 0.3) is 0 Å². The molecule has 0 saturated heterocycles. The maximum atomic E-state index is 13.2. The number of hydrogen-bond donors (Lipinski definition) is 8. The minimum Gasteiger partial charge on any atom is -0.393 e. The van der Waals surface area contributed by atoms with Gasteiger partial charge in [0, 0.05) is 45.9 Å². The quantitative estimate of drug-likeness (QED) is 0.106. The van der Waals surface area contributed by atoms with Gasteiger partial charge in [-0.05, 0) is 195 Å². The lowest BCUT2D eigenvalue weighted by Crippen LogP contribution is -2.62. The third kappa shape index (κ3) is 8.85. The minimum absolute atomic E-state index is 0.0387. The Morgan fingerprint density at radius 2 is 0.955 bits per heavy atom. The van der Waals surface area contributed by atoms with Crippen LogP contribution in [0.5, 0.6) is 0 Å².